The van der Waals surface area contributed by atoms with E-state index in [9.17, 15) is 19.5 Å². The number of aryl methyl sites for hydroxylation is 1. The average Bonchev–Trinajstić information content (AvgIpc) is 2.96. The van der Waals surface area contributed by atoms with E-state index in [-0.39, 0.29) is 0 Å². The molecule has 0 atom stereocenters. The number of aliphatic carboxylic acids is 1. The number of benzene rings is 1. The fraction of sp³-hybridized carbons (Fsp3) is 0.400. The van der Waals surface area contributed by atoms with E-state index >= 15 is 0 Å². The minimum atomic E-state index is -1.36. The third-order valence-electron chi connectivity index (χ3n) is 4.30. The Morgan fingerprint density at radius 1 is 1.15 bits per heavy atom. The number of carbonyl (C=O) groups is 3. The minimum absolute atomic E-state index is 0.313. The normalized spacial score (nSPS) is 20.4. The highest BCUT2D eigenvalue weighted by Gasteiger charge is 2.55. The Bertz CT molecular complexity index is 629. The SMILES string of the molecule is Cc1ccc2c(c1)C(=O)N(C1(C(=O)O)CCCC1)C2=O. The summed E-state index contributed by atoms with van der Waals surface area (Å²) in [5.74, 6) is -2.03. The monoisotopic (exact) mass is 273 g/mol. The lowest BCUT2D eigenvalue weighted by atomic mass is 9.95. The largest absolute Gasteiger partial charge is 0.479 e. The summed E-state index contributed by atoms with van der Waals surface area (Å²) >= 11 is 0. The molecular weight excluding hydrogens is 258 g/mol. The first-order valence-corrected chi connectivity index (χ1v) is 6.70. The van der Waals surface area contributed by atoms with Crippen LogP contribution in [0.5, 0.6) is 0 Å². The van der Waals surface area contributed by atoms with Crippen LogP contribution < -0.4 is 0 Å². The predicted octanol–water partition coefficient (Wildman–Crippen LogP) is 1.99. The number of imide groups is 1. The van der Waals surface area contributed by atoms with E-state index in [1.165, 1.54) is 0 Å². The van der Waals surface area contributed by atoms with Crippen LogP contribution in [0.3, 0.4) is 0 Å². The zero-order chi connectivity index (χ0) is 14.5. The van der Waals surface area contributed by atoms with Crippen LogP contribution in [0, 0.1) is 6.92 Å². The predicted molar refractivity (Wildman–Crippen MR) is 70.5 cm³/mol. The molecule has 2 aliphatic rings. The molecule has 0 bridgehead atoms. The van der Waals surface area contributed by atoms with Gasteiger partial charge in [-0.3, -0.25) is 14.5 Å². The highest BCUT2D eigenvalue weighted by molar-refractivity contribution is 6.23. The van der Waals surface area contributed by atoms with Crippen LogP contribution in [0.2, 0.25) is 0 Å². The Morgan fingerprint density at radius 3 is 2.35 bits per heavy atom. The van der Waals surface area contributed by atoms with Gasteiger partial charge in [0.25, 0.3) is 11.8 Å². The molecule has 0 spiro atoms. The van der Waals surface area contributed by atoms with Gasteiger partial charge in [-0.15, -0.1) is 0 Å². The fourth-order valence-electron chi connectivity index (χ4n) is 3.24. The van der Waals surface area contributed by atoms with E-state index in [0.29, 0.717) is 24.0 Å². The summed E-state index contributed by atoms with van der Waals surface area (Å²) in [5.41, 5.74) is 0.152. The lowest BCUT2D eigenvalue weighted by Gasteiger charge is -2.32. The van der Waals surface area contributed by atoms with Crippen molar-refractivity contribution in [2.45, 2.75) is 38.1 Å². The first kappa shape index (κ1) is 12.8. The van der Waals surface area contributed by atoms with Crippen molar-refractivity contribution in [2.24, 2.45) is 0 Å². The van der Waals surface area contributed by atoms with Gasteiger partial charge in [-0.05, 0) is 31.9 Å². The summed E-state index contributed by atoms with van der Waals surface area (Å²) in [5, 5.41) is 9.55. The molecule has 1 fully saturated rings. The maximum Gasteiger partial charge on any atom is 0.330 e. The van der Waals surface area contributed by atoms with E-state index in [2.05, 4.69) is 0 Å². The Morgan fingerprint density at radius 2 is 1.75 bits per heavy atom. The third-order valence-corrected chi connectivity index (χ3v) is 4.30. The molecule has 0 aromatic heterocycles. The number of amides is 2. The summed E-state index contributed by atoms with van der Waals surface area (Å²) in [4.78, 5) is 37.6. The minimum Gasteiger partial charge on any atom is -0.479 e. The van der Waals surface area contributed by atoms with Crippen LogP contribution >= 0.6 is 0 Å². The number of fused-ring (bicyclic) bond motifs is 1. The maximum absolute atomic E-state index is 12.5. The lowest BCUT2D eigenvalue weighted by Crippen LogP contribution is -2.55. The molecule has 0 saturated heterocycles. The summed E-state index contributed by atoms with van der Waals surface area (Å²) < 4.78 is 0. The van der Waals surface area contributed by atoms with Crippen LogP contribution in [0.1, 0.15) is 52.0 Å². The van der Waals surface area contributed by atoms with E-state index in [1.54, 1.807) is 18.2 Å². The quantitative estimate of drug-likeness (QED) is 0.836. The molecular formula is C15H15NO4. The van der Waals surface area contributed by atoms with Gasteiger partial charge in [-0.1, -0.05) is 24.5 Å². The second-order valence-corrected chi connectivity index (χ2v) is 5.54. The van der Waals surface area contributed by atoms with Crippen LogP contribution in [-0.2, 0) is 4.79 Å². The summed E-state index contributed by atoms with van der Waals surface area (Å²) in [7, 11) is 0. The number of nitrogens with zero attached hydrogens (tertiary/aromatic N) is 1. The molecule has 1 aromatic carbocycles. The van der Waals surface area contributed by atoms with Gasteiger partial charge in [0, 0.05) is 0 Å². The van der Waals surface area contributed by atoms with E-state index in [4.69, 9.17) is 0 Å². The van der Waals surface area contributed by atoms with Crippen molar-refractivity contribution in [3.63, 3.8) is 0 Å². The molecule has 3 rings (SSSR count). The van der Waals surface area contributed by atoms with E-state index < -0.39 is 23.3 Å². The second kappa shape index (κ2) is 4.16. The number of carboxylic acid groups (broad SMARTS) is 1. The Hall–Kier alpha value is -2.17. The van der Waals surface area contributed by atoms with Crippen molar-refractivity contribution in [3.05, 3.63) is 34.9 Å². The standard InChI is InChI=1S/C15H15NO4/c1-9-4-5-10-11(8-9)13(18)16(12(10)17)15(14(19)20)6-2-3-7-15/h4-5,8H,2-3,6-7H2,1H3,(H,19,20). The van der Waals surface area contributed by atoms with E-state index in [0.717, 1.165) is 23.3 Å². The molecule has 5 heteroatoms. The molecule has 0 radical (unpaired) electrons. The van der Waals surface area contributed by atoms with Gasteiger partial charge in [0.1, 0.15) is 5.54 Å². The van der Waals surface area contributed by atoms with Gasteiger partial charge in [-0.2, -0.15) is 0 Å². The first-order valence-electron chi connectivity index (χ1n) is 6.70. The topological polar surface area (TPSA) is 74.7 Å². The smallest absolute Gasteiger partial charge is 0.330 e. The molecule has 1 saturated carbocycles. The number of hydrogen-bond donors (Lipinski definition) is 1. The first-order chi connectivity index (χ1) is 9.47. The zero-order valence-corrected chi connectivity index (χ0v) is 11.2. The average molecular weight is 273 g/mol. The van der Waals surface area contributed by atoms with Crippen LogP contribution in [0.4, 0.5) is 0 Å². The maximum atomic E-state index is 12.5. The molecule has 0 unspecified atom stereocenters. The number of rotatable bonds is 2. The Labute approximate surface area is 116 Å². The van der Waals surface area contributed by atoms with Crippen LogP contribution in [-0.4, -0.2) is 33.3 Å². The number of carbonyl (C=O) groups excluding carboxylic acids is 2. The molecule has 1 N–H and O–H groups in total. The van der Waals surface area contributed by atoms with Crippen molar-refractivity contribution >= 4 is 17.8 Å². The van der Waals surface area contributed by atoms with Crippen LogP contribution in [0.25, 0.3) is 0 Å². The molecule has 1 aromatic rings. The second-order valence-electron chi connectivity index (χ2n) is 5.54. The third kappa shape index (κ3) is 1.52. The highest BCUT2D eigenvalue weighted by Crippen LogP contribution is 2.40. The van der Waals surface area contributed by atoms with Gasteiger partial charge >= 0.3 is 5.97 Å². The van der Waals surface area contributed by atoms with Crippen molar-refractivity contribution in [1.82, 2.24) is 4.90 Å². The van der Waals surface area contributed by atoms with Gasteiger partial charge in [0.15, 0.2) is 0 Å². The molecule has 1 heterocycles. The molecule has 1 aliphatic heterocycles. The summed E-state index contributed by atoms with van der Waals surface area (Å²) in [6.07, 6.45) is 2.12. The van der Waals surface area contributed by atoms with Crippen molar-refractivity contribution in [3.8, 4) is 0 Å². The molecule has 5 nitrogen and oxygen atoms in total. The van der Waals surface area contributed by atoms with Crippen LogP contribution in [0.15, 0.2) is 18.2 Å². The van der Waals surface area contributed by atoms with Gasteiger partial charge < -0.3 is 5.11 Å². The number of hydrogen-bond acceptors (Lipinski definition) is 3. The fourth-order valence-corrected chi connectivity index (χ4v) is 3.24. The van der Waals surface area contributed by atoms with Gasteiger partial charge in [-0.25, -0.2) is 4.79 Å². The summed E-state index contributed by atoms with van der Waals surface area (Å²) in [6.45, 7) is 1.84. The van der Waals surface area contributed by atoms with Gasteiger partial charge in [0.05, 0.1) is 11.1 Å². The zero-order valence-electron chi connectivity index (χ0n) is 11.2. The highest BCUT2D eigenvalue weighted by atomic mass is 16.4. The molecule has 1 aliphatic carbocycles. The molecule has 20 heavy (non-hydrogen) atoms. The molecule has 104 valence electrons. The Kier molecular flexibility index (Phi) is 2.67. The lowest BCUT2D eigenvalue weighted by molar-refractivity contribution is -0.148. The molecule has 2 amide bonds. The number of carboxylic acids is 1. The Balaban J connectivity index is 2.11. The summed E-state index contributed by atoms with van der Waals surface area (Å²) in [6, 6.07) is 5.02. The van der Waals surface area contributed by atoms with Crippen molar-refractivity contribution in [2.75, 3.05) is 0 Å². The van der Waals surface area contributed by atoms with Gasteiger partial charge in [0.2, 0.25) is 0 Å². The van der Waals surface area contributed by atoms with Crippen molar-refractivity contribution in [1.29, 1.82) is 0 Å². The van der Waals surface area contributed by atoms with Crippen molar-refractivity contribution < 1.29 is 19.5 Å². The van der Waals surface area contributed by atoms with E-state index in [1.807, 2.05) is 6.92 Å².